The van der Waals surface area contributed by atoms with Gasteiger partial charge in [-0.05, 0) is 49.5 Å². The lowest BCUT2D eigenvalue weighted by Crippen LogP contribution is -2.36. The van der Waals surface area contributed by atoms with E-state index in [2.05, 4.69) is 20.5 Å². The predicted molar refractivity (Wildman–Crippen MR) is 109 cm³/mol. The van der Waals surface area contributed by atoms with Crippen molar-refractivity contribution in [2.45, 2.75) is 19.3 Å². The van der Waals surface area contributed by atoms with Gasteiger partial charge in [-0.25, -0.2) is 0 Å². The molecular formula is C21H27F3N4O. The summed E-state index contributed by atoms with van der Waals surface area (Å²) in [6.45, 7) is 2.35. The van der Waals surface area contributed by atoms with Gasteiger partial charge in [0.05, 0.1) is 5.56 Å². The molecule has 2 N–H and O–H groups in total. The van der Waals surface area contributed by atoms with Crippen molar-refractivity contribution in [1.29, 1.82) is 0 Å². The van der Waals surface area contributed by atoms with Gasteiger partial charge in [-0.1, -0.05) is 24.3 Å². The topological polar surface area (TPSA) is 48.9 Å². The molecule has 0 heterocycles. The number of hydrogen-bond acceptors (Lipinski definition) is 3. The first-order chi connectivity index (χ1) is 13.8. The van der Waals surface area contributed by atoms with Crippen molar-refractivity contribution < 1.29 is 17.9 Å². The molecule has 0 radical (unpaired) electrons. The second-order valence-corrected chi connectivity index (χ2v) is 6.77. The SMILES string of the molecule is CN=C(NCc1ccc(C(F)(F)F)cc1)NCc1cccc(OCCN(C)C)c1. The van der Waals surface area contributed by atoms with Crippen LogP contribution >= 0.6 is 0 Å². The molecule has 0 aromatic heterocycles. The summed E-state index contributed by atoms with van der Waals surface area (Å²) in [7, 11) is 5.63. The zero-order chi connectivity index (χ0) is 21.3. The molecule has 29 heavy (non-hydrogen) atoms. The maximum absolute atomic E-state index is 12.6. The number of hydrogen-bond donors (Lipinski definition) is 2. The number of aliphatic imine (C=N–C) groups is 1. The predicted octanol–water partition coefficient (Wildman–Crippen LogP) is 3.51. The number of benzene rings is 2. The van der Waals surface area contributed by atoms with Crippen LogP contribution in [0.4, 0.5) is 13.2 Å². The van der Waals surface area contributed by atoms with Crippen molar-refractivity contribution >= 4 is 5.96 Å². The zero-order valence-corrected chi connectivity index (χ0v) is 16.9. The number of alkyl halides is 3. The normalized spacial score (nSPS) is 12.2. The van der Waals surface area contributed by atoms with Gasteiger partial charge in [-0.2, -0.15) is 13.2 Å². The molecule has 0 spiro atoms. The number of nitrogens with one attached hydrogen (secondary N) is 2. The summed E-state index contributed by atoms with van der Waals surface area (Å²) >= 11 is 0. The Bertz CT molecular complexity index is 789. The van der Waals surface area contributed by atoms with E-state index in [1.807, 2.05) is 38.4 Å². The molecule has 0 bridgehead atoms. The number of nitrogens with zero attached hydrogens (tertiary/aromatic N) is 2. The molecule has 0 aliphatic heterocycles. The fourth-order valence-electron chi connectivity index (χ4n) is 2.50. The number of likely N-dealkylation sites (N-methyl/N-ethyl adjacent to an activating group) is 1. The Hall–Kier alpha value is -2.74. The third-order valence-corrected chi connectivity index (χ3v) is 4.13. The minimum Gasteiger partial charge on any atom is -0.492 e. The average molecular weight is 408 g/mol. The van der Waals surface area contributed by atoms with Crippen molar-refractivity contribution in [1.82, 2.24) is 15.5 Å². The highest BCUT2D eigenvalue weighted by atomic mass is 19.4. The van der Waals surface area contributed by atoms with E-state index in [1.54, 1.807) is 7.05 Å². The Kier molecular flexibility index (Phi) is 8.33. The van der Waals surface area contributed by atoms with Crippen molar-refractivity contribution in [3.8, 4) is 5.75 Å². The second kappa shape index (κ2) is 10.7. The van der Waals surface area contributed by atoms with E-state index in [-0.39, 0.29) is 0 Å². The molecule has 8 heteroatoms. The van der Waals surface area contributed by atoms with Gasteiger partial charge in [-0.3, -0.25) is 4.99 Å². The number of rotatable bonds is 8. The molecule has 0 aliphatic rings. The molecule has 0 amide bonds. The Morgan fingerprint density at radius 3 is 2.24 bits per heavy atom. The van der Waals surface area contributed by atoms with Crippen molar-refractivity contribution in [2.24, 2.45) is 4.99 Å². The lowest BCUT2D eigenvalue weighted by Gasteiger charge is -2.14. The van der Waals surface area contributed by atoms with Crippen LogP contribution in [0.25, 0.3) is 0 Å². The first-order valence-electron chi connectivity index (χ1n) is 9.25. The Morgan fingerprint density at radius 2 is 1.66 bits per heavy atom. The fourth-order valence-corrected chi connectivity index (χ4v) is 2.50. The summed E-state index contributed by atoms with van der Waals surface area (Å²) in [6, 6.07) is 12.9. The number of halogens is 3. The number of guanidine groups is 1. The molecule has 2 aromatic rings. The van der Waals surface area contributed by atoms with Crippen LogP contribution in [0.2, 0.25) is 0 Å². The van der Waals surface area contributed by atoms with Gasteiger partial charge in [-0.15, -0.1) is 0 Å². The molecule has 5 nitrogen and oxygen atoms in total. The van der Waals surface area contributed by atoms with Crippen molar-refractivity contribution in [3.05, 3.63) is 65.2 Å². The molecule has 0 atom stereocenters. The highest BCUT2D eigenvalue weighted by molar-refractivity contribution is 5.79. The monoisotopic (exact) mass is 408 g/mol. The molecule has 0 unspecified atom stereocenters. The summed E-state index contributed by atoms with van der Waals surface area (Å²) < 4.78 is 43.6. The first-order valence-corrected chi connectivity index (χ1v) is 9.25. The van der Waals surface area contributed by atoms with Crippen LogP contribution in [0.1, 0.15) is 16.7 Å². The van der Waals surface area contributed by atoms with Crippen LogP contribution in [0.5, 0.6) is 5.75 Å². The van der Waals surface area contributed by atoms with E-state index >= 15 is 0 Å². The minimum atomic E-state index is -4.33. The highest BCUT2D eigenvalue weighted by Gasteiger charge is 2.29. The molecular weight excluding hydrogens is 381 g/mol. The van der Waals surface area contributed by atoms with Crippen LogP contribution in [-0.4, -0.2) is 45.2 Å². The smallest absolute Gasteiger partial charge is 0.416 e. The average Bonchev–Trinajstić information content (AvgIpc) is 2.68. The van der Waals surface area contributed by atoms with Gasteiger partial charge in [0.2, 0.25) is 0 Å². The van der Waals surface area contributed by atoms with Gasteiger partial charge >= 0.3 is 6.18 Å². The van der Waals surface area contributed by atoms with Crippen LogP contribution in [0.3, 0.4) is 0 Å². The molecule has 0 aliphatic carbocycles. The second-order valence-electron chi connectivity index (χ2n) is 6.77. The van der Waals surface area contributed by atoms with E-state index in [0.717, 1.165) is 35.6 Å². The number of ether oxygens (including phenoxy) is 1. The van der Waals surface area contributed by atoms with Crippen LogP contribution in [0, 0.1) is 0 Å². The van der Waals surface area contributed by atoms with E-state index in [4.69, 9.17) is 4.74 Å². The molecule has 0 saturated heterocycles. The lowest BCUT2D eigenvalue weighted by molar-refractivity contribution is -0.137. The summed E-state index contributed by atoms with van der Waals surface area (Å²) in [5.41, 5.74) is 1.11. The lowest BCUT2D eigenvalue weighted by atomic mass is 10.1. The summed E-state index contributed by atoms with van der Waals surface area (Å²) in [5, 5.41) is 6.28. The van der Waals surface area contributed by atoms with Gasteiger partial charge in [0.1, 0.15) is 12.4 Å². The Labute approximate surface area is 169 Å². The zero-order valence-electron chi connectivity index (χ0n) is 16.9. The molecule has 2 aromatic carbocycles. The maximum atomic E-state index is 12.6. The van der Waals surface area contributed by atoms with E-state index < -0.39 is 11.7 Å². The van der Waals surface area contributed by atoms with Crippen LogP contribution < -0.4 is 15.4 Å². The Balaban J connectivity index is 1.83. The quantitative estimate of drug-likeness (QED) is 0.519. The largest absolute Gasteiger partial charge is 0.492 e. The molecule has 2 rings (SSSR count). The van der Waals surface area contributed by atoms with Gasteiger partial charge in [0, 0.05) is 26.7 Å². The van der Waals surface area contributed by atoms with Gasteiger partial charge < -0.3 is 20.3 Å². The maximum Gasteiger partial charge on any atom is 0.416 e. The van der Waals surface area contributed by atoms with Gasteiger partial charge in [0.25, 0.3) is 0 Å². The van der Waals surface area contributed by atoms with Crippen LogP contribution in [0.15, 0.2) is 53.5 Å². The standard InChI is InChI=1S/C21H27F3N4O/c1-25-20(26-14-16-7-9-18(10-8-16)21(22,23)24)27-15-17-5-4-6-19(13-17)29-12-11-28(2)3/h4-10,13H,11-12,14-15H2,1-3H3,(H2,25,26,27). The third kappa shape index (κ3) is 8.03. The molecule has 0 saturated carbocycles. The summed E-state index contributed by atoms with van der Waals surface area (Å²) in [6.07, 6.45) is -4.33. The van der Waals surface area contributed by atoms with Crippen molar-refractivity contribution in [3.63, 3.8) is 0 Å². The minimum absolute atomic E-state index is 0.367. The third-order valence-electron chi connectivity index (χ3n) is 4.13. The highest BCUT2D eigenvalue weighted by Crippen LogP contribution is 2.29. The Morgan fingerprint density at radius 1 is 1.00 bits per heavy atom. The first kappa shape index (κ1) is 22.5. The molecule has 158 valence electrons. The summed E-state index contributed by atoms with van der Waals surface area (Å²) in [4.78, 5) is 6.20. The fraction of sp³-hybridized carbons (Fsp3) is 0.381. The summed E-state index contributed by atoms with van der Waals surface area (Å²) in [5.74, 6) is 1.36. The van der Waals surface area contributed by atoms with Crippen molar-refractivity contribution in [2.75, 3.05) is 34.3 Å². The van der Waals surface area contributed by atoms with E-state index in [0.29, 0.717) is 25.7 Å². The van der Waals surface area contributed by atoms with Gasteiger partial charge in [0.15, 0.2) is 5.96 Å². The molecule has 0 fully saturated rings. The van der Waals surface area contributed by atoms with Crippen LogP contribution in [-0.2, 0) is 19.3 Å². The van der Waals surface area contributed by atoms with E-state index in [9.17, 15) is 13.2 Å². The van der Waals surface area contributed by atoms with E-state index in [1.165, 1.54) is 12.1 Å².